The zero-order chi connectivity index (χ0) is 15.2. The highest BCUT2D eigenvalue weighted by molar-refractivity contribution is 5.25. The van der Waals surface area contributed by atoms with Gasteiger partial charge in [-0.1, -0.05) is 13.8 Å². The maximum atomic E-state index is 4.58. The molecule has 0 amide bonds. The Kier molecular flexibility index (Phi) is 5.56. The molecular formula is C16H27N5. The van der Waals surface area contributed by atoms with Crippen LogP contribution in [0.5, 0.6) is 0 Å². The Balaban J connectivity index is 2.32. The van der Waals surface area contributed by atoms with E-state index in [4.69, 9.17) is 0 Å². The van der Waals surface area contributed by atoms with Crippen LogP contribution in [0, 0.1) is 6.92 Å². The highest BCUT2D eigenvalue weighted by Gasteiger charge is 2.20. The summed E-state index contributed by atoms with van der Waals surface area (Å²) in [4.78, 5) is 0. The van der Waals surface area contributed by atoms with Crippen molar-refractivity contribution in [3.8, 4) is 0 Å². The third-order valence-corrected chi connectivity index (χ3v) is 3.57. The SMILES string of the molecule is CCCNC(c1cnn(CCC)c1)c1cc(C)nn1CC. The Hall–Kier alpha value is -1.62. The lowest BCUT2D eigenvalue weighted by Gasteiger charge is -2.18. The number of nitrogens with one attached hydrogen (secondary N) is 1. The molecule has 1 N–H and O–H groups in total. The van der Waals surface area contributed by atoms with E-state index < -0.39 is 0 Å². The molecule has 0 aliphatic heterocycles. The summed E-state index contributed by atoms with van der Waals surface area (Å²) in [6.45, 7) is 11.4. The Morgan fingerprint density at radius 1 is 1.24 bits per heavy atom. The van der Waals surface area contributed by atoms with Gasteiger partial charge in [0, 0.05) is 24.8 Å². The number of hydrogen-bond donors (Lipinski definition) is 1. The van der Waals surface area contributed by atoms with Gasteiger partial charge in [-0.3, -0.25) is 9.36 Å². The van der Waals surface area contributed by atoms with Crippen LogP contribution < -0.4 is 5.32 Å². The first-order valence-corrected chi connectivity index (χ1v) is 7.99. The van der Waals surface area contributed by atoms with Crippen LogP contribution in [0.1, 0.15) is 56.6 Å². The van der Waals surface area contributed by atoms with Crippen molar-refractivity contribution in [3.05, 3.63) is 35.4 Å². The van der Waals surface area contributed by atoms with Gasteiger partial charge in [0.2, 0.25) is 0 Å². The van der Waals surface area contributed by atoms with Crippen LogP contribution in [-0.2, 0) is 13.1 Å². The molecule has 0 saturated heterocycles. The minimum atomic E-state index is 0.164. The van der Waals surface area contributed by atoms with Crippen LogP contribution in [-0.4, -0.2) is 26.1 Å². The molecule has 0 saturated carbocycles. The zero-order valence-corrected chi connectivity index (χ0v) is 13.6. The predicted molar refractivity (Wildman–Crippen MR) is 85.3 cm³/mol. The molecule has 1 unspecified atom stereocenters. The molecule has 2 aromatic heterocycles. The fraction of sp³-hybridized carbons (Fsp3) is 0.625. The van der Waals surface area contributed by atoms with Gasteiger partial charge in [0.05, 0.1) is 23.6 Å². The fourth-order valence-electron chi connectivity index (χ4n) is 2.61. The predicted octanol–water partition coefficient (Wildman–Crippen LogP) is 2.91. The van der Waals surface area contributed by atoms with E-state index in [1.165, 1.54) is 11.3 Å². The van der Waals surface area contributed by atoms with E-state index in [9.17, 15) is 0 Å². The first kappa shape index (κ1) is 15.8. The van der Waals surface area contributed by atoms with Crippen molar-refractivity contribution in [1.29, 1.82) is 0 Å². The van der Waals surface area contributed by atoms with Crippen molar-refractivity contribution < 1.29 is 0 Å². The van der Waals surface area contributed by atoms with Gasteiger partial charge in [-0.15, -0.1) is 0 Å². The molecule has 0 radical (unpaired) electrons. The van der Waals surface area contributed by atoms with Crippen molar-refractivity contribution >= 4 is 0 Å². The van der Waals surface area contributed by atoms with Gasteiger partial charge < -0.3 is 5.32 Å². The lowest BCUT2D eigenvalue weighted by Crippen LogP contribution is -2.25. The summed E-state index contributed by atoms with van der Waals surface area (Å²) >= 11 is 0. The van der Waals surface area contributed by atoms with Crippen LogP contribution in [0.15, 0.2) is 18.5 Å². The lowest BCUT2D eigenvalue weighted by atomic mass is 10.1. The minimum Gasteiger partial charge on any atom is -0.305 e. The fourth-order valence-corrected chi connectivity index (χ4v) is 2.61. The second-order valence-electron chi connectivity index (χ2n) is 5.45. The summed E-state index contributed by atoms with van der Waals surface area (Å²) in [5.41, 5.74) is 3.50. The second-order valence-corrected chi connectivity index (χ2v) is 5.45. The van der Waals surface area contributed by atoms with Gasteiger partial charge in [0.1, 0.15) is 0 Å². The second kappa shape index (κ2) is 7.41. The number of aromatic nitrogens is 4. The normalized spacial score (nSPS) is 12.8. The van der Waals surface area contributed by atoms with E-state index in [1.807, 2.05) is 17.8 Å². The molecule has 116 valence electrons. The molecule has 0 aromatic carbocycles. The molecule has 0 aliphatic rings. The molecule has 0 fully saturated rings. The Bertz CT molecular complexity index is 555. The molecule has 21 heavy (non-hydrogen) atoms. The van der Waals surface area contributed by atoms with Gasteiger partial charge in [-0.25, -0.2) is 0 Å². The molecule has 0 bridgehead atoms. The summed E-state index contributed by atoms with van der Waals surface area (Å²) in [5.74, 6) is 0. The summed E-state index contributed by atoms with van der Waals surface area (Å²) < 4.78 is 4.11. The van der Waals surface area contributed by atoms with Crippen LogP contribution in [0.25, 0.3) is 0 Å². The van der Waals surface area contributed by atoms with Gasteiger partial charge in [-0.05, 0) is 39.3 Å². The first-order chi connectivity index (χ1) is 10.2. The molecular weight excluding hydrogens is 262 g/mol. The number of hydrogen-bond acceptors (Lipinski definition) is 3. The average molecular weight is 289 g/mol. The van der Waals surface area contributed by atoms with Crippen molar-refractivity contribution in [2.45, 2.75) is 59.7 Å². The van der Waals surface area contributed by atoms with Crippen molar-refractivity contribution in [2.24, 2.45) is 0 Å². The first-order valence-electron chi connectivity index (χ1n) is 7.99. The van der Waals surface area contributed by atoms with Crippen LogP contribution in [0.2, 0.25) is 0 Å². The number of nitrogens with zero attached hydrogens (tertiary/aromatic N) is 4. The molecule has 5 heteroatoms. The third-order valence-electron chi connectivity index (χ3n) is 3.57. The van der Waals surface area contributed by atoms with E-state index in [0.717, 1.165) is 38.2 Å². The summed E-state index contributed by atoms with van der Waals surface area (Å²) in [6, 6.07) is 2.34. The molecule has 0 aliphatic carbocycles. The van der Waals surface area contributed by atoms with E-state index in [0.29, 0.717) is 0 Å². The van der Waals surface area contributed by atoms with E-state index >= 15 is 0 Å². The topological polar surface area (TPSA) is 47.7 Å². The summed E-state index contributed by atoms with van der Waals surface area (Å²) in [7, 11) is 0. The van der Waals surface area contributed by atoms with Crippen LogP contribution in [0.3, 0.4) is 0 Å². The smallest absolute Gasteiger partial charge is 0.0779 e. The number of rotatable bonds is 8. The molecule has 2 aromatic rings. The summed E-state index contributed by atoms with van der Waals surface area (Å²) in [6.07, 6.45) is 6.34. The largest absolute Gasteiger partial charge is 0.305 e. The highest BCUT2D eigenvalue weighted by atomic mass is 15.3. The Morgan fingerprint density at radius 2 is 2.05 bits per heavy atom. The van der Waals surface area contributed by atoms with Crippen LogP contribution in [0.4, 0.5) is 0 Å². The Morgan fingerprint density at radius 3 is 2.71 bits per heavy atom. The molecule has 2 rings (SSSR count). The minimum absolute atomic E-state index is 0.164. The van der Waals surface area contributed by atoms with E-state index in [2.05, 4.69) is 53.2 Å². The average Bonchev–Trinajstić information content (AvgIpc) is 3.07. The monoisotopic (exact) mass is 289 g/mol. The molecule has 1 atom stereocenters. The standard InChI is InChI=1S/C16H27N5/c1-5-8-17-16(14-11-18-20(12-14)9-6-2)15-10-13(4)19-21(15)7-3/h10-12,16-17H,5-9H2,1-4H3. The third kappa shape index (κ3) is 3.73. The van der Waals surface area contributed by atoms with Gasteiger partial charge in [-0.2, -0.15) is 10.2 Å². The quantitative estimate of drug-likeness (QED) is 0.813. The number of aryl methyl sites for hydroxylation is 3. The zero-order valence-electron chi connectivity index (χ0n) is 13.6. The molecule has 2 heterocycles. The van der Waals surface area contributed by atoms with Gasteiger partial charge in [0.15, 0.2) is 0 Å². The summed E-state index contributed by atoms with van der Waals surface area (Å²) in [5, 5.41) is 12.7. The maximum Gasteiger partial charge on any atom is 0.0779 e. The van der Waals surface area contributed by atoms with E-state index in [-0.39, 0.29) is 6.04 Å². The van der Waals surface area contributed by atoms with Crippen molar-refractivity contribution in [3.63, 3.8) is 0 Å². The van der Waals surface area contributed by atoms with Gasteiger partial charge in [0.25, 0.3) is 0 Å². The van der Waals surface area contributed by atoms with E-state index in [1.54, 1.807) is 0 Å². The highest BCUT2D eigenvalue weighted by Crippen LogP contribution is 2.23. The molecule has 5 nitrogen and oxygen atoms in total. The van der Waals surface area contributed by atoms with Crippen LogP contribution >= 0.6 is 0 Å². The lowest BCUT2D eigenvalue weighted by molar-refractivity contribution is 0.527. The molecule has 0 spiro atoms. The maximum absolute atomic E-state index is 4.58. The van der Waals surface area contributed by atoms with Crippen molar-refractivity contribution in [2.75, 3.05) is 6.54 Å². The van der Waals surface area contributed by atoms with Gasteiger partial charge >= 0.3 is 0 Å². The Labute approximate surface area is 127 Å². The van der Waals surface area contributed by atoms with Crippen molar-refractivity contribution in [1.82, 2.24) is 24.9 Å².